The Morgan fingerprint density at radius 1 is 0.950 bits per heavy atom. The van der Waals surface area contributed by atoms with Crippen molar-refractivity contribution >= 4 is 5.97 Å². The summed E-state index contributed by atoms with van der Waals surface area (Å²) in [5, 5.41) is 0. The highest BCUT2D eigenvalue weighted by molar-refractivity contribution is 5.73. The molecule has 0 radical (unpaired) electrons. The van der Waals surface area contributed by atoms with Crippen LogP contribution in [-0.4, -0.2) is 19.1 Å². The lowest BCUT2D eigenvalue weighted by molar-refractivity contribution is -0.142. The quantitative estimate of drug-likeness (QED) is 0.648. The van der Waals surface area contributed by atoms with E-state index in [0.29, 0.717) is 26.0 Å². The molecule has 0 unspecified atom stereocenters. The van der Waals surface area contributed by atoms with Crippen LogP contribution in [0.1, 0.15) is 12.0 Å². The van der Waals surface area contributed by atoms with Gasteiger partial charge in [-0.25, -0.2) is 0 Å². The Balaban J connectivity index is 1.93. The second kappa shape index (κ2) is 7.46. The van der Waals surface area contributed by atoms with Crippen molar-refractivity contribution in [1.82, 2.24) is 0 Å². The molecule has 2 N–H and O–H groups in total. The van der Waals surface area contributed by atoms with Gasteiger partial charge in [-0.3, -0.25) is 4.79 Å². The summed E-state index contributed by atoms with van der Waals surface area (Å²) in [6.45, 7) is 0.941. The SMILES string of the molecule is NCCCOC(=O)Cc1ccc(-c2ccccc2)cc1. The topological polar surface area (TPSA) is 52.3 Å². The largest absolute Gasteiger partial charge is 0.465 e. The molecule has 20 heavy (non-hydrogen) atoms. The van der Waals surface area contributed by atoms with E-state index < -0.39 is 0 Å². The molecule has 0 aliphatic rings. The van der Waals surface area contributed by atoms with Crippen LogP contribution in [0, 0.1) is 0 Å². The molecule has 0 spiro atoms. The lowest BCUT2D eigenvalue weighted by Gasteiger charge is -2.05. The maximum Gasteiger partial charge on any atom is 0.310 e. The van der Waals surface area contributed by atoms with Crippen LogP contribution < -0.4 is 5.73 Å². The van der Waals surface area contributed by atoms with Gasteiger partial charge in [-0.05, 0) is 29.7 Å². The second-order valence-corrected chi connectivity index (χ2v) is 4.60. The van der Waals surface area contributed by atoms with E-state index in [0.717, 1.165) is 11.1 Å². The fourth-order valence-corrected chi connectivity index (χ4v) is 1.93. The van der Waals surface area contributed by atoms with E-state index in [1.165, 1.54) is 5.56 Å². The first-order valence-electron chi connectivity index (χ1n) is 6.79. The molecule has 104 valence electrons. The van der Waals surface area contributed by atoms with Crippen LogP contribution in [-0.2, 0) is 16.0 Å². The fourth-order valence-electron chi connectivity index (χ4n) is 1.93. The third-order valence-electron chi connectivity index (χ3n) is 3.02. The average Bonchev–Trinajstić information content (AvgIpc) is 2.49. The van der Waals surface area contributed by atoms with Crippen molar-refractivity contribution in [3.8, 4) is 11.1 Å². The summed E-state index contributed by atoms with van der Waals surface area (Å²) in [6.07, 6.45) is 1.01. The summed E-state index contributed by atoms with van der Waals surface area (Å²) in [5.41, 5.74) is 8.62. The molecule has 2 aromatic carbocycles. The number of esters is 1. The maximum absolute atomic E-state index is 11.6. The minimum atomic E-state index is -0.203. The van der Waals surface area contributed by atoms with Gasteiger partial charge in [-0.1, -0.05) is 54.6 Å². The number of hydrogen-bond donors (Lipinski definition) is 1. The molecule has 0 aliphatic carbocycles. The molecule has 2 aromatic rings. The first-order valence-corrected chi connectivity index (χ1v) is 6.79. The minimum Gasteiger partial charge on any atom is -0.465 e. The summed E-state index contributed by atoms with van der Waals surface area (Å²) >= 11 is 0. The standard InChI is InChI=1S/C17H19NO2/c18-11-4-12-20-17(19)13-14-7-9-16(10-8-14)15-5-2-1-3-6-15/h1-3,5-10H,4,11-13,18H2. The Morgan fingerprint density at radius 3 is 2.25 bits per heavy atom. The number of ether oxygens (including phenoxy) is 1. The summed E-state index contributed by atoms with van der Waals surface area (Å²) < 4.78 is 5.08. The van der Waals surface area contributed by atoms with Gasteiger partial charge in [0.25, 0.3) is 0 Å². The smallest absolute Gasteiger partial charge is 0.310 e. The van der Waals surface area contributed by atoms with Gasteiger partial charge < -0.3 is 10.5 Å². The van der Waals surface area contributed by atoms with E-state index in [4.69, 9.17) is 10.5 Å². The average molecular weight is 269 g/mol. The summed E-state index contributed by atoms with van der Waals surface area (Å²) in [6, 6.07) is 18.1. The molecule has 0 aliphatic heterocycles. The highest BCUT2D eigenvalue weighted by atomic mass is 16.5. The Kier molecular flexibility index (Phi) is 5.33. The molecular weight excluding hydrogens is 250 g/mol. The molecule has 0 amide bonds. The Labute approximate surface area is 119 Å². The van der Waals surface area contributed by atoms with Gasteiger partial charge >= 0.3 is 5.97 Å². The molecule has 0 bridgehead atoms. The number of hydrogen-bond acceptors (Lipinski definition) is 3. The van der Waals surface area contributed by atoms with Crippen LogP contribution in [0.25, 0.3) is 11.1 Å². The lowest BCUT2D eigenvalue weighted by atomic mass is 10.0. The van der Waals surface area contributed by atoms with Crippen molar-refractivity contribution in [2.45, 2.75) is 12.8 Å². The fraction of sp³-hybridized carbons (Fsp3) is 0.235. The molecule has 3 nitrogen and oxygen atoms in total. The van der Waals surface area contributed by atoms with Crippen LogP contribution in [0.2, 0.25) is 0 Å². The van der Waals surface area contributed by atoms with Gasteiger partial charge in [-0.15, -0.1) is 0 Å². The number of carbonyl (C=O) groups is 1. The molecule has 2 rings (SSSR count). The number of nitrogens with two attached hydrogens (primary N) is 1. The first kappa shape index (κ1) is 14.3. The van der Waals surface area contributed by atoms with Crippen molar-refractivity contribution < 1.29 is 9.53 Å². The normalized spacial score (nSPS) is 10.2. The zero-order valence-corrected chi connectivity index (χ0v) is 11.4. The Bertz CT molecular complexity index is 535. The van der Waals surface area contributed by atoms with Crippen LogP contribution in [0.3, 0.4) is 0 Å². The Morgan fingerprint density at radius 2 is 1.60 bits per heavy atom. The molecule has 3 heteroatoms. The van der Waals surface area contributed by atoms with Gasteiger partial charge in [0.05, 0.1) is 13.0 Å². The molecule has 0 saturated carbocycles. The molecule has 0 saturated heterocycles. The molecule has 0 fully saturated rings. The molecule has 0 aromatic heterocycles. The Hall–Kier alpha value is -2.13. The van der Waals surface area contributed by atoms with Gasteiger partial charge in [0.15, 0.2) is 0 Å². The monoisotopic (exact) mass is 269 g/mol. The van der Waals surface area contributed by atoms with Crippen molar-refractivity contribution in [1.29, 1.82) is 0 Å². The predicted molar refractivity (Wildman–Crippen MR) is 80.2 cm³/mol. The molecule has 0 atom stereocenters. The van der Waals surface area contributed by atoms with Crippen LogP contribution in [0.15, 0.2) is 54.6 Å². The van der Waals surface area contributed by atoms with Crippen molar-refractivity contribution in [2.24, 2.45) is 5.73 Å². The summed E-state index contributed by atoms with van der Waals surface area (Å²) in [4.78, 5) is 11.6. The zero-order chi connectivity index (χ0) is 14.2. The van der Waals surface area contributed by atoms with E-state index >= 15 is 0 Å². The third-order valence-corrected chi connectivity index (χ3v) is 3.02. The number of carbonyl (C=O) groups excluding carboxylic acids is 1. The third kappa shape index (κ3) is 4.21. The van der Waals surface area contributed by atoms with Crippen molar-refractivity contribution in [3.63, 3.8) is 0 Å². The van der Waals surface area contributed by atoms with Gasteiger partial charge in [0.2, 0.25) is 0 Å². The van der Waals surface area contributed by atoms with Crippen LogP contribution in [0.4, 0.5) is 0 Å². The molecular formula is C17H19NO2. The highest BCUT2D eigenvalue weighted by Crippen LogP contribution is 2.19. The van der Waals surface area contributed by atoms with Gasteiger partial charge in [0.1, 0.15) is 0 Å². The zero-order valence-electron chi connectivity index (χ0n) is 11.4. The predicted octanol–water partition coefficient (Wildman–Crippen LogP) is 2.79. The van der Waals surface area contributed by atoms with E-state index in [9.17, 15) is 4.79 Å². The summed E-state index contributed by atoms with van der Waals surface area (Å²) in [7, 11) is 0. The van der Waals surface area contributed by atoms with Crippen molar-refractivity contribution in [2.75, 3.05) is 13.2 Å². The van der Waals surface area contributed by atoms with E-state index in [2.05, 4.69) is 12.1 Å². The van der Waals surface area contributed by atoms with E-state index in [1.54, 1.807) is 0 Å². The van der Waals surface area contributed by atoms with Gasteiger partial charge in [0, 0.05) is 0 Å². The second-order valence-electron chi connectivity index (χ2n) is 4.60. The maximum atomic E-state index is 11.6. The lowest BCUT2D eigenvalue weighted by Crippen LogP contribution is -2.11. The number of benzene rings is 2. The number of rotatable bonds is 6. The van der Waals surface area contributed by atoms with E-state index in [1.807, 2.05) is 42.5 Å². The van der Waals surface area contributed by atoms with Crippen molar-refractivity contribution in [3.05, 3.63) is 60.2 Å². The first-order chi connectivity index (χ1) is 9.79. The molecule has 0 heterocycles. The van der Waals surface area contributed by atoms with Gasteiger partial charge in [-0.2, -0.15) is 0 Å². The van der Waals surface area contributed by atoms with Crippen LogP contribution in [0.5, 0.6) is 0 Å². The highest BCUT2D eigenvalue weighted by Gasteiger charge is 2.05. The van der Waals surface area contributed by atoms with Crippen LogP contribution >= 0.6 is 0 Å². The van der Waals surface area contributed by atoms with E-state index in [-0.39, 0.29) is 5.97 Å². The summed E-state index contributed by atoms with van der Waals surface area (Å²) in [5.74, 6) is -0.203. The minimum absolute atomic E-state index is 0.203.